The van der Waals surface area contributed by atoms with Gasteiger partial charge in [-0.25, -0.2) is 0 Å². The minimum Gasteiger partial charge on any atom is -0.359 e. The van der Waals surface area contributed by atoms with Crippen LogP contribution in [0.15, 0.2) is 0 Å². The second-order valence-electron chi connectivity index (χ2n) is 7.19. The van der Waals surface area contributed by atoms with Gasteiger partial charge in [-0.15, -0.1) is 0 Å². The van der Waals surface area contributed by atoms with E-state index < -0.39 is 0 Å². The summed E-state index contributed by atoms with van der Waals surface area (Å²) in [5.41, 5.74) is 0.0370. The average Bonchev–Trinajstić information content (AvgIpc) is 2.17. The van der Waals surface area contributed by atoms with Crippen molar-refractivity contribution in [2.75, 3.05) is 0 Å². The highest BCUT2D eigenvalue weighted by atomic mass is 32.1. The molecule has 106 valence electrons. The van der Waals surface area contributed by atoms with Gasteiger partial charge in [0.2, 0.25) is 0 Å². The fraction of sp³-hybridized carbons (Fsp3) is 0.933. The van der Waals surface area contributed by atoms with E-state index >= 15 is 0 Å². The largest absolute Gasteiger partial charge is 0.359 e. The van der Waals surface area contributed by atoms with Crippen LogP contribution >= 0.6 is 12.2 Å². The molecule has 18 heavy (non-hydrogen) atoms. The molecule has 1 fully saturated rings. The topological polar surface area (TPSA) is 24.1 Å². The lowest BCUT2D eigenvalue weighted by molar-refractivity contribution is 0.169. The maximum absolute atomic E-state index is 5.45. The second-order valence-corrected chi connectivity index (χ2v) is 7.60. The van der Waals surface area contributed by atoms with Crippen molar-refractivity contribution in [3.8, 4) is 0 Å². The third-order valence-corrected chi connectivity index (χ3v) is 4.13. The van der Waals surface area contributed by atoms with E-state index in [-0.39, 0.29) is 5.54 Å². The van der Waals surface area contributed by atoms with Crippen molar-refractivity contribution in [3.05, 3.63) is 0 Å². The van der Waals surface area contributed by atoms with Gasteiger partial charge in [-0.3, -0.25) is 0 Å². The van der Waals surface area contributed by atoms with E-state index in [1.54, 1.807) is 0 Å². The molecule has 2 N–H and O–H groups in total. The fourth-order valence-corrected chi connectivity index (χ4v) is 3.42. The second kappa shape index (κ2) is 6.23. The monoisotopic (exact) mass is 270 g/mol. The summed E-state index contributed by atoms with van der Waals surface area (Å²) in [7, 11) is 0. The van der Waals surface area contributed by atoms with Gasteiger partial charge in [0.1, 0.15) is 0 Å². The maximum atomic E-state index is 5.45. The van der Waals surface area contributed by atoms with Crippen LogP contribution in [0.5, 0.6) is 0 Å². The van der Waals surface area contributed by atoms with E-state index in [0.29, 0.717) is 12.0 Å². The lowest BCUT2D eigenvalue weighted by Gasteiger charge is -2.40. The average molecular weight is 270 g/mol. The number of hydrogen-bond acceptors (Lipinski definition) is 1. The van der Waals surface area contributed by atoms with Crippen molar-refractivity contribution in [2.24, 2.45) is 17.8 Å². The summed E-state index contributed by atoms with van der Waals surface area (Å²) >= 11 is 5.45. The van der Waals surface area contributed by atoms with Crippen LogP contribution < -0.4 is 10.6 Å². The first-order valence-corrected chi connectivity index (χ1v) is 7.70. The molecule has 0 aliphatic heterocycles. The van der Waals surface area contributed by atoms with Crippen LogP contribution in [-0.4, -0.2) is 16.7 Å². The molecule has 1 rings (SSSR count). The molecule has 0 aromatic heterocycles. The molecule has 0 bridgehead atoms. The molecule has 3 atom stereocenters. The van der Waals surface area contributed by atoms with Crippen molar-refractivity contribution >= 4 is 17.3 Å². The molecule has 0 spiro atoms. The van der Waals surface area contributed by atoms with Gasteiger partial charge in [-0.05, 0) is 63.6 Å². The molecule has 0 heterocycles. The van der Waals surface area contributed by atoms with E-state index in [2.05, 4.69) is 52.2 Å². The van der Waals surface area contributed by atoms with E-state index in [0.717, 1.165) is 16.9 Å². The summed E-state index contributed by atoms with van der Waals surface area (Å²) < 4.78 is 0. The zero-order valence-electron chi connectivity index (χ0n) is 12.8. The normalized spacial score (nSPS) is 29.2. The molecule has 0 saturated heterocycles. The molecule has 0 radical (unpaired) electrons. The van der Waals surface area contributed by atoms with Crippen LogP contribution in [0.3, 0.4) is 0 Å². The Balaban J connectivity index is 2.63. The van der Waals surface area contributed by atoms with E-state index in [1.807, 2.05) is 0 Å². The zero-order chi connectivity index (χ0) is 13.9. The van der Waals surface area contributed by atoms with E-state index in [4.69, 9.17) is 12.2 Å². The Kier molecular flexibility index (Phi) is 5.45. The standard InChI is InChI=1S/C15H30N2S/c1-10(2)12-9-7-8-11(3)13(12)16-14(18)17-15(4,5)6/h10-13H,7-9H2,1-6H3,(H2,16,17,18). The minimum absolute atomic E-state index is 0.0370. The zero-order valence-corrected chi connectivity index (χ0v) is 13.7. The Morgan fingerprint density at radius 3 is 2.33 bits per heavy atom. The smallest absolute Gasteiger partial charge is 0.166 e. The first-order valence-electron chi connectivity index (χ1n) is 7.29. The summed E-state index contributed by atoms with van der Waals surface area (Å²) in [6, 6.07) is 0.529. The third kappa shape index (κ3) is 4.75. The molecule has 1 aliphatic carbocycles. The SMILES string of the molecule is CC(C)C1CCCC(C)C1NC(=S)NC(C)(C)C. The third-order valence-electron chi connectivity index (χ3n) is 3.91. The summed E-state index contributed by atoms with van der Waals surface area (Å²) in [5, 5.41) is 7.76. The van der Waals surface area contributed by atoms with E-state index in [1.165, 1.54) is 19.3 Å². The summed E-state index contributed by atoms with van der Waals surface area (Å²) in [4.78, 5) is 0. The summed E-state index contributed by atoms with van der Waals surface area (Å²) in [5.74, 6) is 2.18. The first-order chi connectivity index (χ1) is 8.20. The Labute approximate surface area is 118 Å². The van der Waals surface area contributed by atoms with Gasteiger partial charge in [-0.1, -0.05) is 27.2 Å². The van der Waals surface area contributed by atoms with Crippen LogP contribution in [0.2, 0.25) is 0 Å². The van der Waals surface area contributed by atoms with Crippen LogP contribution in [-0.2, 0) is 0 Å². The molecule has 1 saturated carbocycles. The maximum Gasteiger partial charge on any atom is 0.166 e. The van der Waals surface area contributed by atoms with Crippen molar-refractivity contribution in [2.45, 2.75) is 72.4 Å². The number of nitrogens with one attached hydrogen (secondary N) is 2. The van der Waals surface area contributed by atoms with Gasteiger partial charge < -0.3 is 10.6 Å². The quantitative estimate of drug-likeness (QED) is 0.748. The summed E-state index contributed by atoms with van der Waals surface area (Å²) in [6.45, 7) is 13.4. The van der Waals surface area contributed by atoms with Gasteiger partial charge in [0, 0.05) is 11.6 Å². The van der Waals surface area contributed by atoms with Crippen LogP contribution in [0.1, 0.15) is 60.8 Å². The molecule has 3 unspecified atom stereocenters. The number of thiocarbonyl (C=S) groups is 1. The predicted octanol–water partition coefficient (Wildman–Crippen LogP) is 3.71. The van der Waals surface area contributed by atoms with Gasteiger partial charge in [0.25, 0.3) is 0 Å². The minimum atomic E-state index is 0.0370. The molecule has 1 aliphatic rings. The first kappa shape index (κ1) is 15.7. The predicted molar refractivity (Wildman–Crippen MR) is 83.8 cm³/mol. The summed E-state index contributed by atoms with van der Waals surface area (Å²) in [6.07, 6.45) is 4.01. The van der Waals surface area contributed by atoms with Crippen molar-refractivity contribution in [3.63, 3.8) is 0 Å². The van der Waals surface area contributed by atoms with Crippen LogP contribution in [0, 0.1) is 17.8 Å². The van der Waals surface area contributed by atoms with Crippen molar-refractivity contribution in [1.82, 2.24) is 10.6 Å². The van der Waals surface area contributed by atoms with Crippen molar-refractivity contribution < 1.29 is 0 Å². The Bertz CT molecular complexity index is 281. The highest BCUT2D eigenvalue weighted by Crippen LogP contribution is 2.33. The molecule has 0 aromatic rings. The lowest BCUT2D eigenvalue weighted by Crippen LogP contribution is -2.54. The Hall–Kier alpha value is -0.310. The number of rotatable bonds is 2. The van der Waals surface area contributed by atoms with Crippen LogP contribution in [0.25, 0.3) is 0 Å². The highest BCUT2D eigenvalue weighted by molar-refractivity contribution is 7.80. The fourth-order valence-electron chi connectivity index (χ4n) is 2.98. The number of hydrogen-bond donors (Lipinski definition) is 2. The van der Waals surface area contributed by atoms with Crippen LogP contribution in [0.4, 0.5) is 0 Å². The van der Waals surface area contributed by atoms with Gasteiger partial charge in [0.15, 0.2) is 5.11 Å². The molecule has 0 amide bonds. The Morgan fingerprint density at radius 2 is 1.83 bits per heavy atom. The van der Waals surface area contributed by atoms with E-state index in [9.17, 15) is 0 Å². The van der Waals surface area contributed by atoms with Gasteiger partial charge in [0.05, 0.1) is 0 Å². The van der Waals surface area contributed by atoms with Crippen molar-refractivity contribution in [1.29, 1.82) is 0 Å². The molecular formula is C15H30N2S. The highest BCUT2D eigenvalue weighted by Gasteiger charge is 2.33. The molecule has 0 aromatic carbocycles. The molecule has 2 nitrogen and oxygen atoms in total. The van der Waals surface area contributed by atoms with Gasteiger partial charge >= 0.3 is 0 Å². The lowest BCUT2D eigenvalue weighted by atomic mass is 9.73. The van der Waals surface area contributed by atoms with Gasteiger partial charge in [-0.2, -0.15) is 0 Å². The molecule has 3 heteroatoms. The molecular weight excluding hydrogens is 240 g/mol. The Morgan fingerprint density at radius 1 is 1.22 bits per heavy atom.